The van der Waals surface area contributed by atoms with Gasteiger partial charge in [0.15, 0.2) is 17.4 Å². The number of hydrogen-bond acceptors (Lipinski definition) is 1. The molecule has 0 fully saturated rings. The molecule has 0 saturated carbocycles. The van der Waals surface area contributed by atoms with Gasteiger partial charge in [-0.3, -0.25) is 4.79 Å². The topological polar surface area (TPSA) is 17.1 Å². The van der Waals surface area contributed by atoms with Crippen LogP contribution in [-0.4, -0.2) is 5.78 Å². The summed E-state index contributed by atoms with van der Waals surface area (Å²) in [7, 11) is 0. The van der Waals surface area contributed by atoms with Gasteiger partial charge in [0.25, 0.3) is 0 Å². The molecule has 82 valence electrons. The van der Waals surface area contributed by atoms with Gasteiger partial charge in [-0.2, -0.15) is 0 Å². The first-order valence-corrected chi connectivity index (χ1v) is 5.03. The maximum Gasteiger partial charge on any atom is 0.169 e. The van der Waals surface area contributed by atoms with Crippen LogP contribution in [0.2, 0.25) is 0 Å². The summed E-state index contributed by atoms with van der Waals surface area (Å²) in [6.07, 6.45) is 1.11. The summed E-state index contributed by atoms with van der Waals surface area (Å²) in [5.41, 5.74) is -0.143. The average Bonchev–Trinajstić information content (AvgIpc) is 2.21. The number of halogens is 2. The van der Waals surface area contributed by atoms with Crippen LogP contribution in [0.25, 0.3) is 0 Å². The summed E-state index contributed by atoms with van der Waals surface area (Å²) in [6, 6.07) is 3.68. The second-order valence-corrected chi connectivity index (χ2v) is 3.74. The van der Waals surface area contributed by atoms with Crippen molar-refractivity contribution in [2.75, 3.05) is 0 Å². The standard InChI is InChI=1S/C12H14F2O/c1-3-8(2)7-11(15)9-5-4-6-10(13)12(9)14/h4-6,8H,3,7H2,1-2H3. The number of rotatable bonds is 4. The molecule has 0 aliphatic rings. The normalized spacial score (nSPS) is 12.5. The van der Waals surface area contributed by atoms with E-state index in [1.807, 2.05) is 13.8 Å². The number of Topliss-reactive ketones (excluding diaryl/α,β-unsaturated/α-hetero) is 1. The predicted molar refractivity (Wildman–Crippen MR) is 54.8 cm³/mol. The Morgan fingerprint density at radius 3 is 2.67 bits per heavy atom. The van der Waals surface area contributed by atoms with Crippen LogP contribution in [-0.2, 0) is 0 Å². The van der Waals surface area contributed by atoms with Crippen LogP contribution in [0.5, 0.6) is 0 Å². The molecule has 0 spiro atoms. The zero-order valence-electron chi connectivity index (χ0n) is 8.89. The van der Waals surface area contributed by atoms with Crippen LogP contribution < -0.4 is 0 Å². The lowest BCUT2D eigenvalue weighted by Gasteiger charge is -2.07. The van der Waals surface area contributed by atoms with Crippen molar-refractivity contribution in [3.8, 4) is 0 Å². The average molecular weight is 212 g/mol. The summed E-state index contributed by atoms with van der Waals surface area (Å²) >= 11 is 0. The fourth-order valence-electron chi connectivity index (χ4n) is 1.29. The molecule has 3 heteroatoms. The maximum atomic E-state index is 13.2. The Bertz CT molecular complexity index is 361. The van der Waals surface area contributed by atoms with Crippen molar-refractivity contribution in [3.63, 3.8) is 0 Å². The Labute approximate surface area is 88.1 Å². The van der Waals surface area contributed by atoms with Gasteiger partial charge in [0.05, 0.1) is 5.56 Å². The molecule has 0 amide bonds. The van der Waals surface area contributed by atoms with Crippen LogP contribution in [0.15, 0.2) is 18.2 Å². The van der Waals surface area contributed by atoms with E-state index in [4.69, 9.17) is 0 Å². The van der Waals surface area contributed by atoms with Crippen molar-refractivity contribution in [3.05, 3.63) is 35.4 Å². The third-order valence-electron chi connectivity index (χ3n) is 2.48. The Hall–Kier alpha value is -1.25. The van der Waals surface area contributed by atoms with E-state index in [1.54, 1.807) is 0 Å². The van der Waals surface area contributed by atoms with Crippen molar-refractivity contribution in [2.45, 2.75) is 26.7 Å². The van der Waals surface area contributed by atoms with Crippen molar-refractivity contribution in [2.24, 2.45) is 5.92 Å². The van der Waals surface area contributed by atoms with E-state index in [0.717, 1.165) is 12.5 Å². The first-order chi connectivity index (χ1) is 7.06. The van der Waals surface area contributed by atoms with E-state index < -0.39 is 11.6 Å². The molecule has 0 aliphatic heterocycles. The predicted octanol–water partition coefficient (Wildman–Crippen LogP) is 3.58. The van der Waals surface area contributed by atoms with Gasteiger partial charge in [0, 0.05) is 6.42 Å². The molecule has 0 aliphatic carbocycles. The highest BCUT2D eigenvalue weighted by Gasteiger charge is 2.16. The quantitative estimate of drug-likeness (QED) is 0.697. The second-order valence-electron chi connectivity index (χ2n) is 3.74. The van der Waals surface area contributed by atoms with Crippen molar-refractivity contribution in [1.82, 2.24) is 0 Å². The molecule has 15 heavy (non-hydrogen) atoms. The molecule has 0 saturated heterocycles. The van der Waals surface area contributed by atoms with Gasteiger partial charge in [0.2, 0.25) is 0 Å². The molecule has 1 unspecified atom stereocenters. The third-order valence-corrected chi connectivity index (χ3v) is 2.48. The van der Waals surface area contributed by atoms with Crippen molar-refractivity contribution in [1.29, 1.82) is 0 Å². The Morgan fingerprint density at radius 2 is 2.07 bits per heavy atom. The Balaban J connectivity index is 2.87. The van der Waals surface area contributed by atoms with Crippen LogP contribution in [0.4, 0.5) is 8.78 Å². The van der Waals surface area contributed by atoms with Gasteiger partial charge in [-0.25, -0.2) is 8.78 Å². The first-order valence-electron chi connectivity index (χ1n) is 5.03. The third kappa shape index (κ3) is 2.85. The van der Waals surface area contributed by atoms with Gasteiger partial charge in [0.1, 0.15) is 0 Å². The Morgan fingerprint density at radius 1 is 1.40 bits per heavy atom. The minimum atomic E-state index is -1.04. The summed E-state index contributed by atoms with van der Waals surface area (Å²) in [4.78, 5) is 11.6. The van der Waals surface area contributed by atoms with Crippen LogP contribution in [0.3, 0.4) is 0 Å². The van der Waals surface area contributed by atoms with E-state index in [-0.39, 0.29) is 23.7 Å². The zero-order valence-corrected chi connectivity index (χ0v) is 8.89. The lowest BCUT2D eigenvalue weighted by atomic mass is 9.97. The first kappa shape index (κ1) is 11.8. The molecule has 0 bridgehead atoms. The lowest BCUT2D eigenvalue weighted by molar-refractivity contribution is 0.0958. The molecule has 1 rings (SSSR count). The minimum absolute atomic E-state index is 0.143. The molecule has 0 radical (unpaired) electrons. The van der Waals surface area contributed by atoms with Gasteiger partial charge in [-0.1, -0.05) is 26.3 Å². The molecule has 1 nitrogen and oxygen atoms in total. The van der Waals surface area contributed by atoms with Gasteiger partial charge < -0.3 is 0 Å². The van der Waals surface area contributed by atoms with E-state index in [1.165, 1.54) is 12.1 Å². The number of hydrogen-bond donors (Lipinski definition) is 0. The summed E-state index contributed by atoms with van der Waals surface area (Å²) in [5.74, 6) is -2.14. The Kier molecular flexibility index (Phi) is 3.95. The number of carbonyl (C=O) groups is 1. The molecule has 0 heterocycles. The highest BCUT2D eigenvalue weighted by atomic mass is 19.2. The van der Waals surface area contributed by atoms with E-state index in [2.05, 4.69) is 0 Å². The molecule has 0 N–H and O–H groups in total. The number of carbonyl (C=O) groups excluding carboxylic acids is 1. The van der Waals surface area contributed by atoms with Gasteiger partial charge in [-0.05, 0) is 18.1 Å². The SMILES string of the molecule is CCC(C)CC(=O)c1cccc(F)c1F. The van der Waals surface area contributed by atoms with E-state index in [9.17, 15) is 13.6 Å². The smallest absolute Gasteiger partial charge is 0.169 e. The van der Waals surface area contributed by atoms with Gasteiger partial charge >= 0.3 is 0 Å². The highest BCUT2D eigenvalue weighted by molar-refractivity contribution is 5.96. The maximum absolute atomic E-state index is 13.2. The fourth-order valence-corrected chi connectivity index (χ4v) is 1.29. The largest absolute Gasteiger partial charge is 0.294 e. The van der Waals surface area contributed by atoms with Crippen LogP contribution in [0.1, 0.15) is 37.0 Å². The summed E-state index contributed by atoms with van der Waals surface area (Å²) in [5, 5.41) is 0. The van der Waals surface area contributed by atoms with E-state index >= 15 is 0 Å². The molecule has 0 aromatic heterocycles. The van der Waals surface area contributed by atoms with Crippen molar-refractivity contribution >= 4 is 5.78 Å². The van der Waals surface area contributed by atoms with Crippen LogP contribution >= 0.6 is 0 Å². The monoisotopic (exact) mass is 212 g/mol. The summed E-state index contributed by atoms with van der Waals surface area (Å²) < 4.78 is 26.0. The fraction of sp³-hybridized carbons (Fsp3) is 0.417. The molecular weight excluding hydrogens is 198 g/mol. The summed E-state index contributed by atoms with van der Waals surface area (Å²) in [6.45, 7) is 3.87. The second kappa shape index (κ2) is 5.01. The van der Waals surface area contributed by atoms with Gasteiger partial charge in [-0.15, -0.1) is 0 Å². The minimum Gasteiger partial charge on any atom is -0.294 e. The number of benzene rings is 1. The molecule has 1 aromatic rings. The molecule has 1 atom stereocenters. The molecule has 1 aromatic carbocycles. The number of ketones is 1. The molecular formula is C12H14F2O. The highest BCUT2D eigenvalue weighted by Crippen LogP contribution is 2.17. The van der Waals surface area contributed by atoms with E-state index in [0.29, 0.717) is 0 Å². The zero-order chi connectivity index (χ0) is 11.4. The van der Waals surface area contributed by atoms with Crippen molar-refractivity contribution < 1.29 is 13.6 Å². The lowest BCUT2D eigenvalue weighted by Crippen LogP contribution is -2.08. The van der Waals surface area contributed by atoms with Crippen LogP contribution in [0, 0.1) is 17.6 Å².